The van der Waals surface area contributed by atoms with Crippen LogP contribution in [0.1, 0.15) is 11.7 Å². The number of rotatable bonds is 5. The molecule has 0 aromatic heterocycles. The van der Waals surface area contributed by atoms with E-state index in [9.17, 15) is 14.7 Å². The summed E-state index contributed by atoms with van der Waals surface area (Å²) < 4.78 is 0. The van der Waals surface area contributed by atoms with E-state index in [0.717, 1.165) is 0 Å². The van der Waals surface area contributed by atoms with Crippen LogP contribution >= 0.6 is 0 Å². The van der Waals surface area contributed by atoms with E-state index in [4.69, 9.17) is 5.11 Å². The molecule has 0 aliphatic rings. The molecule has 0 saturated carbocycles. The number of aliphatic hydroxyl groups is 1. The number of aliphatic hydroxyl groups excluding tert-OH is 1. The monoisotopic (exact) mass is 465 g/mol. The Balaban J connectivity index is 0.00000225. The fraction of sp³-hybridized carbons (Fsp3) is 0.200. The van der Waals surface area contributed by atoms with Crippen molar-refractivity contribution in [2.45, 2.75) is 12.1 Å². The van der Waals surface area contributed by atoms with Gasteiger partial charge in [0.2, 0.25) is 0 Å². The molecule has 2 unspecified atom stereocenters. The molecule has 2 atom stereocenters. The van der Waals surface area contributed by atoms with Crippen LogP contribution in [0.2, 0.25) is 0 Å². The predicted molar refractivity (Wildman–Crippen MR) is 51.7 cm³/mol. The number of carbonyl (C=O) groups excluding carboxylic acids is 1. The van der Waals surface area contributed by atoms with Crippen LogP contribution in [0, 0.1) is 0 Å². The van der Waals surface area contributed by atoms with E-state index in [1.165, 1.54) is 6.41 Å². The molecule has 0 aliphatic heterocycles. The third-order valence-electron chi connectivity index (χ3n) is 1.94. The Morgan fingerprint density at radius 2 is 1.88 bits per heavy atom. The number of aliphatic carboxylic acids is 1. The summed E-state index contributed by atoms with van der Waals surface area (Å²) in [6.07, 6.45) is -0.0279. The standard InChI is InChI=1S/C10H10NO4.Fm/c12-6-11-8(10(14)15)9(13)7-4-2-1-3-5-7;/h1-5,8-9,13H,(H,11,12)(H,14,15);/q-1;. The van der Waals surface area contributed by atoms with Crippen LogP contribution in [0.25, 0.3) is 0 Å². The van der Waals surface area contributed by atoms with Crippen molar-refractivity contribution in [1.82, 2.24) is 5.32 Å². The van der Waals surface area contributed by atoms with Gasteiger partial charge in [0.05, 0.1) is 0 Å². The Labute approximate surface area is 86.4 Å². The molecule has 16 heavy (non-hydrogen) atoms. The molecule has 1 amide bonds. The molecule has 5 nitrogen and oxygen atoms in total. The number of benzene rings is 1. The van der Waals surface area contributed by atoms with Gasteiger partial charge >= 0.3 is 5.97 Å². The summed E-state index contributed by atoms with van der Waals surface area (Å²) in [6, 6.07) is 6.85. The Morgan fingerprint density at radius 3 is 2.31 bits per heavy atom. The van der Waals surface area contributed by atoms with Crippen molar-refractivity contribution in [3.05, 3.63) is 35.9 Å². The number of amides is 1. The van der Waals surface area contributed by atoms with Crippen molar-refractivity contribution in [2.24, 2.45) is 0 Å². The Morgan fingerprint density at radius 1 is 1.31 bits per heavy atom. The van der Waals surface area contributed by atoms with Crippen LogP contribution in [0.4, 0.5) is 0 Å². The number of carbonyl (C=O) groups is 1. The van der Waals surface area contributed by atoms with Crippen LogP contribution in [0.15, 0.2) is 30.3 Å². The fourth-order valence-corrected chi connectivity index (χ4v) is 1.18. The van der Waals surface area contributed by atoms with E-state index in [1.54, 1.807) is 30.3 Å². The summed E-state index contributed by atoms with van der Waals surface area (Å²) in [5.74, 6) is -1.31. The van der Waals surface area contributed by atoms with Gasteiger partial charge in [-0.15, -0.1) is 0 Å². The minimum absolute atomic E-state index is 0. The molecular formula is C10H10FmNO4-. The first kappa shape index (κ1) is 13.1. The molecule has 0 fully saturated rings. The van der Waals surface area contributed by atoms with Gasteiger partial charge in [-0.05, 0) is 5.56 Å². The Hall–Kier alpha value is -2.88. The van der Waals surface area contributed by atoms with Gasteiger partial charge in [0, 0.05) is 0 Å². The molecule has 6 heteroatoms. The molecule has 1 rings (SSSR count). The van der Waals surface area contributed by atoms with Crippen LogP contribution in [-0.4, -0.2) is 28.6 Å². The zero-order valence-corrected chi connectivity index (χ0v) is 10.4. The predicted octanol–water partition coefficient (Wildman–Crippen LogP) is -0.170. The fourth-order valence-electron chi connectivity index (χ4n) is 1.18. The SMILES string of the molecule is O=[C-]NC(C(=O)O)C(O)c1ccccc1.[Fm]. The molecule has 1 aromatic carbocycles. The molecule has 0 spiro atoms. The molecule has 0 radical (unpaired) electrons. The van der Waals surface area contributed by atoms with Gasteiger partial charge in [0.1, 0.15) is 12.1 Å². The first-order chi connectivity index (χ1) is 7.16. The van der Waals surface area contributed by atoms with Crippen molar-refractivity contribution < 1.29 is 19.8 Å². The normalized spacial score (nSPS) is 13.1. The summed E-state index contributed by atoms with van der Waals surface area (Å²) in [6.45, 7) is 0. The van der Waals surface area contributed by atoms with Gasteiger partial charge in [0.15, 0.2) is 0 Å². The van der Waals surface area contributed by atoms with E-state index in [-0.39, 0.29) is 0 Å². The molecule has 92 valence electrons. The summed E-state index contributed by atoms with van der Waals surface area (Å²) >= 11 is 0. The number of carboxylic acid groups (broad SMARTS) is 1. The van der Waals surface area contributed by atoms with Crippen LogP contribution in [0.3, 0.4) is 0 Å². The maximum absolute atomic E-state index is 10.7. The average molecular weight is 465 g/mol. The van der Waals surface area contributed by atoms with Gasteiger partial charge in [-0.2, -0.15) is 6.41 Å². The molecule has 0 saturated heterocycles. The van der Waals surface area contributed by atoms with Crippen molar-refractivity contribution >= 4 is 12.4 Å². The van der Waals surface area contributed by atoms with Crippen LogP contribution in [-0.2, 0) is 9.59 Å². The average Bonchev–Trinajstić information content (AvgIpc) is 2.26. The summed E-state index contributed by atoms with van der Waals surface area (Å²) in [4.78, 5) is 20.7. The molecular weight excluding hydrogens is 455 g/mol. The zero-order chi connectivity index (χ0) is 11.3. The Kier molecular flexibility index (Phi) is 4.73. The van der Waals surface area contributed by atoms with Gasteiger partial charge in [0.25, 0.3) is 0 Å². The van der Waals surface area contributed by atoms with Crippen molar-refractivity contribution in [2.75, 3.05) is 0 Å². The number of hydrogen-bond donors (Lipinski definition) is 3. The first-order valence-electron chi connectivity index (χ1n) is 4.25. The second kappa shape index (κ2) is 5.77. The quantitative estimate of drug-likeness (QED) is 0.417. The van der Waals surface area contributed by atoms with Crippen LogP contribution < -0.4 is 5.32 Å². The van der Waals surface area contributed by atoms with Gasteiger partial charge < -0.3 is 20.3 Å². The second-order valence-electron chi connectivity index (χ2n) is 2.92. The summed E-state index contributed by atoms with van der Waals surface area (Å²) in [5, 5.41) is 20.3. The molecule has 1 aromatic rings. The van der Waals surface area contributed by atoms with Gasteiger partial charge in [-0.3, -0.25) is 0 Å². The minimum Gasteiger partial charge on any atom is -0.520 e. The number of carboxylic acids is 1. The molecule has 3 N–H and O–H groups in total. The second-order valence-corrected chi connectivity index (χ2v) is 2.92. The summed E-state index contributed by atoms with van der Waals surface area (Å²) in [5.41, 5.74) is 0.424. The van der Waals surface area contributed by atoms with Crippen molar-refractivity contribution in [3.63, 3.8) is 0 Å². The Bertz CT molecular complexity index is 344. The maximum Gasteiger partial charge on any atom is 0.326 e. The third-order valence-corrected chi connectivity index (χ3v) is 1.94. The van der Waals surface area contributed by atoms with E-state index in [2.05, 4.69) is 0 Å². The third kappa shape index (κ3) is 2.81. The molecule has 0 bridgehead atoms. The van der Waals surface area contributed by atoms with Gasteiger partial charge in [-0.25, -0.2) is 4.79 Å². The van der Waals surface area contributed by atoms with E-state index >= 15 is 0 Å². The number of hydrogen-bond acceptors (Lipinski definition) is 3. The first-order valence-corrected chi connectivity index (χ1v) is 4.25. The molecule has 0 aliphatic carbocycles. The van der Waals surface area contributed by atoms with Crippen LogP contribution in [0.5, 0.6) is 0 Å². The largest absolute Gasteiger partial charge is 0.520 e. The summed E-state index contributed by atoms with van der Waals surface area (Å²) in [7, 11) is 0. The van der Waals surface area contributed by atoms with Crippen molar-refractivity contribution in [3.8, 4) is 0 Å². The van der Waals surface area contributed by atoms with E-state index in [0.29, 0.717) is 5.56 Å². The van der Waals surface area contributed by atoms with Crippen molar-refractivity contribution in [1.29, 1.82) is 0 Å². The van der Waals surface area contributed by atoms with Gasteiger partial charge in [-0.1, -0.05) is 30.3 Å². The molecule has 0 heterocycles. The number of nitrogens with one attached hydrogen (secondary N) is 1. The zero-order valence-electron chi connectivity index (χ0n) is 8.04. The maximum atomic E-state index is 10.7. The van der Waals surface area contributed by atoms with E-state index in [1.807, 2.05) is 5.32 Å². The van der Waals surface area contributed by atoms with E-state index < -0.39 is 18.1 Å². The topological polar surface area (TPSA) is 86.6 Å². The minimum atomic E-state index is -1.38. The smallest absolute Gasteiger partial charge is 0.326 e.